The number of hydrogen-bond donors (Lipinski definition) is 1. The second-order valence-corrected chi connectivity index (χ2v) is 3.76. The van der Waals surface area contributed by atoms with Crippen LogP contribution in [0.25, 0.3) is 11.3 Å². The maximum atomic E-state index is 14.1. The first-order valence-corrected chi connectivity index (χ1v) is 5.80. The molecule has 0 aliphatic rings. The summed E-state index contributed by atoms with van der Waals surface area (Å²) in [5.41, 5.74) is 1.03. The van der Waals surface area contributed by atoms with E-state index in [0.717, 1.165) is 12.4 Å². The molecule has 0 fully saturated rings. The lowest BCUT2D eigenvalue weighted by molar-refractivity contribution is 0.387. The van der Waals surface area contributed by atoms with E-state index in [0.29, 0.717) is 11.3 Å². The van der Waals surface area contributed by atoms with Gasteiger partial charge in [0.25, 0.3) is 0 Å². The Hall–Kier alpha value is -2.10. The first-order valence-electron chi connectivity index (χ1n) is 5.80. The molecule has 0 bridgehead atoms. The molecule has 1 aromatic heterocycles. The van der Waals surface area contributed by atoms with Gasteiger partial charge in [-0.25, -0.2) is 9.37 Å². The Morgan fingerprint density at radius 2 is 2.00 bits per heavy atom. The number of methoxy groups -OCH3 is 1. The van der Waals surface area contributed by atoms with E-state index in [1.54, 1.807) is 24.3 Å². The summed E-state index contributed by atoms with van der Waals surface area (Å²) < 4.78 is 19.1. The number of rotatable bonds is 4. The zero-order chi connectivity index (χ0) is 13.0. The van der Waals surface area contributed by atoms with Crippen LogP contribution in [0.3, 0.4) is 0 Å². The molecule has 2 rings (SSSR count). The Bertz CT molecular complexity index is 543. The fourth-order valence-corrected chi connectivity index (χ4v) is 1.73. The van der Waals surface area contributed by atoms with Gasteiger partial charge in [0, 0.05) is 12.1 Å². The van der Waals surface area contributed by atoms with E-state index in [-0.39, 0.29) is 11.6 Å². The molecule has 1 N–H and O–H groups in total. The number of halogens is 1. The minimum absolute atomic E-state index is 0.225. The van der Waals surface area contributed by atoms with Gasteiger partial charge < -0.3 is 10.1 Å². The topological polar surface area (TPSA) is 34.1 Å². The van der Waals surface area contributed by atoms with Crippen molar-refractivity contribution in [3.8, 4) is 17.0 Å². The van der Waals surface area contributed by atoms with Gasteiger partial charge in [0.05, 0.1) is 12.8 Å². The standard InChI is InChI=1S/C14H15FN2O/c1-3-16-13-9-5-7-11(17-13)10-6-4-8-12(18-2)14(10)15/h4-9H,3H2,1-2H3,(H,16,17). The molecule has 3 nitrogen and oxygen atoms in total. The van der Waals surface area contributed by atoms with Crippen LogP contribution in [0.5, 0.6) is 5.75 Å². The van der Waals surface area contributed by atoms with Crippen LogP contribution in [0.4, 0.5) is 10.2 Å². The van der Waals surface area contributed by atoms with Gasteiger partial charge in [0.2, 0.25) is 0 Å². The molecule has 2 aromatic rings. The molecular formula is C14H15FN2O. The van der Waals surface area contributed by atoms with E-state index in [1.165, 1.54) is 7.11 Å². The fraction of sp³-hybridized carbons (Fsp3) is 0.214. The van der Waals surface area contributed by atoms with Gasteiger partial charge in [-0.2, -0.15) is 0 Å². The maximum Gasteiger partial charge on any atom is 0.174 e. The molecule has 0 saturated carbocycles. The summed E-state index contributed by atoms with van der Waals surface area (Å²) >= 11 is 0. The third-order valence-electron chi connectivity index (χ3n) is 2.57. The van der Waals surface area contributed by atoms with Crippen molar-refractivity contribution in [2.75, 3.05) is 19.0 Å². The largest absolute Gasteiger partial charge is 0.494 e. The Kier molecular flexibility index (Phi) is 3.77. The fourth-order valence-electron chi connectivity index (χ4n) is 1.73. The van der Waals surface area contributed by atoms with E-state index < -0.39 is 0 Å². The second kappa shape index (κ2) is 5.49. The lowest BCUT2D eigenvalue weighted by Crippen LogP contribution is -2.00. The molecule has 0 atom stereocenters. The molecule has 0 spiro atoms. The number of ether oxygens (including phenoxy) is 1. The van der Waals surface area contributed by atoms with Crippen molar-refractivity contribution < 1.29 is 9.13 Å². The molecule has 0 radical (unpaired) electrons. The normalized spacial score (nSPS) is 10.2. The Morgan fingerprint density at radius 3 is 2.72 bits per heavy atom. The number of aromatic nitrogens is 1. The molecule has 94 valence electrons. The molecule has 18 heavy (non-hydrogen) atoms. The van der Waals surface area contributed by atoms with Gasteiger partial charge in [0.1, 0.15) is 5.82 Å². The average molecular weight is 246 g/mol. The predicted octanol–water partition coefficient (Wildman–Crippen LogP) is 3.33. The van der Waals surface area contributed by atoms with Gasteiger partial charge >= 0.3 is 0 Å². The molecular weight excluding hydrogens is 231 g/mol. The molecule has 0 aliphatic carbocycles. The highest BCUT2D eigenvalue weighted by Gasteiger charge is 2.11. The van der Waals surface area contributed by atoms with E-state index >= 15 is 0 Å². The highest BCUT2D eigenvalue weighted by atomic mass is 19.1. The highest BCUT2D eigenvalue weighted by Crippen LogP contribution is 2.28. The number of nitrogens with zero attached hydrogens (tertiary/aromatic N) is 1. The lowest BCUT2D eigenvalue weighted by atomic mass is 10.1. The van der Waals surface area contributed by atoms with Crippen LogP contribution >= 0.6 is 0 Å². The lowest BCUT2D eigenvalue weighted by Gasteiger charge is -2.08. The molecule has 0 aliphatic heterocycles. The molecule has 0 amide bonds. The predicted molar refractivity (Wildman–Crippen MR) is 70.3 cm³/mol. The van der Waals surface area contributed by atoms with Gasteiger partial charge in [-0.05, 0) is 31.2 Å². The minimum Gasteiger partial charge on any atom is -0.494 e. The Morgan fingerprint density at radius 1 is 1.22 bits per heavy atom. The van der Waals surface area contributed by atoms with Crippen molar-refractivity contribution in [3.63, 3.8) is 0 Å². The average Bonchev–Trinajstić information content (AvgIpc) is 2.40. The highest BCUT2D eigenvalue weighted by molar-refractivity contribution is 5.64. The van der Waals surface area contributed by atoms with E-state index in [9.17, 15) is 4.39 Å². The van der Waals surface area contributed by atoms with Crippen LogP contribution in [0.1, 0.15) is 6.92 Å². The number of pyridine rings is 1. The first-order chi connectivity index (χ1) is 8.76. The van der Waals surface area contributed by atoms with Crippen LogP contribution in [0.15, 0.2) is 36.4 Å². The van der Waals surface area contributed by atoms with Crippen LogP contribution < -0.4 is 10.1 Å². The van der Waals surface area contributed by atoms with Gasteiger partial charge in [-0.3, -0.25) is 0 Å². The number of nitrogens with one attached hydrogen (secondary N) is 1. The molecule has 1 aromatic carbocycles. The third-order valence-corrected chi connectivity index (χ3v) is 2.57. The summed E-state index contributed by atoms with van der Waals surface area (Å²) in [6, 6.07) is 10.5. The van der Waals surface area contributed by atoms with Crippen molar-refractivity contribution in [2.45, 2.75) is 6.92 Å². The monoisotopic (exact) mass is 246 g/mol. The van der Waals surface area contributed by atoms with Crippen molar-refractivity contribution in [2.24, 2.45) is 0 Å². The van der Waals surface area contributed by atoms with Crippen LogP contribution in [-0.2, 0) is 0 Å². The van der Waals surface area contributed by atoms with E-state index in [4.69, 9.17) is 4.74 Å². The van der Waals surface area contributed by atoms with Crippen LogP contribution in [0, 0.1) is 5.82 Å². The molecule has 4 heteroatoms. The summed E-state index contributed by atoms with van der Waals surface area (Å²) in [6.45, 7) is 2.76. The summed E-state index contributed by atoms with van der Waals surface area (Å²) in [5.74, 6) is 0.571. The van der Waals surface area contributed by atoms with Crippen molar-refractivity contribution >= 4 is 5.82 Å². The van der Waals surface area contributed by atoms with E-state index in [1.807, 2.05) is 19.1 Å². The summed E-state index contributed by atoms with van der Waals surface area (Å²) in [5, 5.41) is 3.10. The number of anilines is 1. The number of hydrogen-bond acceptors (Lipinski definition) is 3. The Labute approximate surface area is 106 Å². The zero-order valence-electron chi connectivity index (χ0n) is 10.4. The molecule has 0 saturated heterocycles. The molecule has 1 heterocycles. The summed E-state index contributed by atoms with van der Waals surface area (Å²) in [7, 11) is 1.45. The third kappa shape index (κ3) is 2.42. The van der Waals surface area contributed by atoms with Crippen molar-refractivity contribution in [3.05, 3.63) is 42.2 Å². The summed E-state index contributed by atoms with van der Waals surface area (Å²) in [6.07, 6.45) is 0. The van der Waals surface area contributed by atoms with Crippen molar-refractivity contribution in [1.82, 2.24) is 4.98 Å². The van der Waals surface area contributed by atoms with E-state index in [2.05, 4.69) is 10.3 Å². The maximum absolute atomic E-state index is 14.1. The zero-order valence-corrected chi connectivity index (χ0v) is 10.4. The Balaban J connectivity index is 2.45. The first kappa shape index (κ1) is 12.4. The van der Waals surface area contributed by atoms with Gasteiger partial charge in [-0.15, -0.1) is 0 Å². The second-order valence-electron chi connectivity index (χ2n) is 3.76. The summed E-state index contributed by atoms with van der Waals surface area (Å²) in [4.78, 5) is 4.36. The van der Waals surface area contributed by atoms with Gasteiger partial charge in [0.15, 0.2) is 11.6 Å². The van der Waals surface area contributed by atoms with Crippen LogP contribution in [-0.4, -0.2) is 18.6 Å². The molecule has 0 unspecified atom stereocenters. The van der Waals surface area contributed by atoms with Gasteiger partial charge in [-0.1, -0.05) is 12.1 Å². The SMILES string of the molecule is CCNc1cccc(-c2cccc(OC)c2F)n1. The van der Waals surface area contributed by atoms with Crippen LogP contribution in [0.2, 0.25) is 0 Å². The smallest absolute Gasteiger partial charge is 0.174 e. The number of benzene rings is 1. The quantitative estimate of drug-likeness (QED) is 0.898. The minimum atomic E-state index is -0.388. The van der Waals surface area contributed by atoms with Crippen molar-refractivity contribution in [1.29, 1.82) is 0 Å².